The summed E-state index contributed by atoms with van der Waals surface area (Å²) in [6.07, 6.45) is 6.54. The number of pyridine rings is 2. The molecule has 0 unspecified atom stereocenters. The summed E-state index contributed by atoms with van der Waals surface area (Å²) in [4.78, 5) is 26.8. The topological polar surface area (TPSA) is 95.6 Å². The SMILES string of the molecule is C=Cc1ccc2c(-c3cc(N)c(N4CCN(C(=O)CCO)[C@H](C5CC5)C4)nc3C3CC3)cccc2n1. The van der Waals surface area contributed by atoms with Gasteiger partial charge in [0.1, 0.15) is 0 Å². The number of hydrogen-bond donors (Lipinski definition) is 2. The van der Waals surface area contributed by atoms with E-state index in [-0.39, 0.29) is 25.0 Å². The molecule has 1 aromatic carbocycles. The van der Waals surface area contributed by atoms with Gasteiger partial charge in [0.05, 0.1) is 35.2 Å². The van der Waals surface area contributed by atoms with E-state index in [0.717, 1.165) is 71.5 Å². The van der Waals surface area contributed by atoms with Crippen LogP contribution >= 0.6 is 0 Å². The number of piperazine rings is 1. The molecule has 3 fully saturated rings. The predicted octanol–water partition coefficient (Wildman–Crippen LogP) is 4.21. The number of aliphatic hydroxyl groups excluding tert-OH is 1. The van der Waals surface area contributed by atoms with Crippen molar-refractivity contribution in [2.24, 2.45) is 5.92 Å². The summed E-state index contributed by atoms with van der Waals surface area (Å²) < 4.78 is 0. The largest absolute Gasteiger partial charge is 0.396 e. The number of benzene rings is 1. The zero-order chi connectivity index (χ0) is 24.8. The first-order valence-electron chi connectivity index (χ1n) is 13.1. The van der Waals surface area contributed by atoms with Crippen molar-refractivity contribution in [1.82, 2.24) is 14.9 Å². The Bertz CT molecular complexity index is 1330. The van der Waals surface area contributed by atoms with E-state index in [4.69, 9.17) is 15.7 Å². The molecule has 2 aliphatic carbocycles. The van der Waals surface area contributed by atoms with Gasteiger partial charge in [0.15, 0.2) is 5.82 Å². The van der Waals surface area contributed by atoms with E-state index in [1.807, 2.05) is 23.1 Å². The molecule has 3 N–H and O–H groups in total. The lowest BCUT2D eigenvalue weighted by molar-refractivity contribution is -0.135. The summed E-state index contributed by atoms with van der Waals surface area (Å²) >= 11 is 0. The van der Waals surface area contributed by atoms with Crippen molar-refractivity contribution >= 4 is 34.4 Å². The van der Waals surface area contributed by atoms with Crippen molar-refractivity contribution in [3.05, 3.63) is 54.4 Å². The Kier molecular flexibility index (Phi) is 5.88. The molecule has 7 heteroatoms. The highest BCUT2D eigenvalue weighted by molar-refractivity contribution is 5.96. The lowest BCUT2D eigenvalue weighted by atomic mass is 9.96. The number of fused-ring (bicyclic) bond motifs is 1. The van der Waals surface area contributed by atoms with Gasteiger partial charge in [0.2, 0.25) is 5.91 Å². The van der Waals surface area contributed by atoms with Crippen LogP contribution in [0.2, 0.25) is 0 Å². The number of hydrogen-bond acceptors (Lipinski definition) is 6. The van der Waals surface area contributed by atoms with Gasteiger partial charge < -0.3 is 20.6 Å². The summed E-state index contributed by atoms with van der Waals surface area (Å²) in [7, 11) is 0. The minimum absolute atomic E-state index is 0.0492. The molecule has 0 radical (unpaired) electrons. The second kappa shape index (κ2) is 9.21. The third kappa shape index (κ3) is 4.22. The average molecular weight is 484 g/mol. The molecule has 6 rings (SSSR count). The minimum atomic E-state index is -0.101. The molecule has 1 amide bonds. The second-order valence-corrected chi connectivity index (χ2v) is 10.3. The first-order valence-corrected chi connectivity index (χ1v) is 13.1. The Morgan fingerprint density at radius 2 is 1.94 bits per heavy atom. The van der Waals surface area contributed by atoms with Gasteiger partial charge in [0, 0.05) is 42.9 Å². The summed E-state index contributed by atoms with van der Waals surface area (Å²) in [5.41, 5.74) is 12.5. The lowest BCUT2D eigenvalue weighted by Gasteiger charge is -2.42. The lowest BCUT2D eigenvalue weighted by Crippen LogP contribution is -2.56. The zero-order valence-electron chi connectivity index (χ0n) is 20.6. The van der Waals surface area contributed by atoms with E-state index < -0.39 is 0 Å². The number of nitrogen functional groups attached to an aromatic ring is 1. The smallest absolute Gasteiger partial charge is 0.225 e. The van der Waals surface area contributed by atoms with Crippen molar-refractivity contribution in [1.29, 1.82) is 0 Å². The highest BCUT2D eigenvalue weighted by Gasteiger charge is 2.41. The number of nitrogens with two attached hydrogens (primary N) is 1. The number of aromatic nitrogens is 2. The van der Waals surface area contributed by atoms with Crippen molar-refractivity contribution < 1.29 is 9.90 Å². The summed E-state index contributed by atoms with van der Waals surface area (Å²) in [5.74, 6) is 1.87. The van der Waals surface area contributed by atoms with Crippen LogP contribution in [0.25, 0.3) is 28.1 Å². The first kappa shape index (κ1) is 23.0. The number of carbonyl (C=O) groups is 1. The van der Waals surface area contributed by atoms with Gasteiger partial charge in [-0.05, 0) is 61.4 Å². The molecule has 1 saturated heterocycles. The number of carbonyl (C=O) groups excluding carboxylic acids is 1. The number of rotatable bonds is 7. The Morgan fingerprint density at radius 1 is 1.11 bits per heavy atom. The van der Waals surface area contributed by atoms with Crippen molar-refractivity contribution in [2.45, 2.75) is 44.1 Å². The van der Waals surface area contributed by atoms with E-state index in [0.29, 0.717) is 30.6 Å². The zero-order valence-corrected chi connectivity index (χ0v) is 20.6. The fraction of sp³-hybridized carbons (Fsp3) is 0.414. The van der Waals surface area contributed by atoms with Crippen LogP contribution in [0.3, 0.4) is 0 Å². The predicted molar refractivity (Wildman–Crippen MR) is 144 cm³/mol. The first-order chi connectivity index (χ1) is 17.6. The van der Waals surface area contributed by atoms with Gasteiger partial charge in [-0.25, -0.2) is 9.97 Å². The molecule has 2 saturated carbocycles. The molecule has 3 aromatic rings. The Morgan fingerprint density at radius 3 is 2.67 bits per heavy atom. The van der Waals surface area contributed by atoms with Crippen LogP contribution in [0.15, 0.2) is 43.0 Å². The van der Waals surface area contributed by atoms with E-state index >= 15 is 0 Å². The van der Waals surface area contributed by atoms with Crippen molar-refractivity contribution in [2.75, 3.05) is 36.9 Å². The fourth-order valence-corrected chi connectivity index (χ4v) is 5.62. The molecule has 0 bridgehead atoms. The van der Waals surface area contributed by atoms with Gasteiger partial charge >= 0.3 is 0 Å². The second-order valence-electron chi connectivity index (χ2n) is 10.3. The summed E-state index contributed by atoms with van der Waals surface area (Å²) in [6.45, 7) is 5.83. The Hall–Kier alpha value is -3.45. The maximum atomic E-state index is 12.6. The quantitative estimate of drug-likeness (QED) is 0.523. The molecule has 2 aromatic heterocycles. The highest BCUT2D eigenvalue weighted by atomic mass is 16.3. The van der Waals surface area contributed by atoms with E-state index in [1.54, 1.807) is 6.08 Å². The van der Waals surface area contributed by atoms with Crippen molar-refractivity contribution in [3.63, 3.8) is 0 Å². The van der Waals surface area contributed by atoms with Gasteiger partial charge in [-0.15, -0.1) is 0 Å². The molecular weight excluding hydrogens is 450 g/mol. The third-order valence-electron chi connectivity index (χ3n) is 7.81. The van der Waals surface area contributed by atoms with Crippen LogP contribution in [-0.2, 0) is 4.79 Å². The van der Waals surface area contributed by atoms with Gasteiger partial charge in [-0.3, -0.25) is 4.79 Å². The monoisotopic (exact) mass is 483 g/mol. The van der Waals surface area contributed by atoms with Crippen LogP contribution in [0.5, 0.6) is 0 Å². The van der Waals surface area contributed by atoms with Crippen LogP contribution in [0, 0.1) is 5.92 Å². The molecular formula is C29H33N5O2. The normalized spacial score (nSPS) is 20.1. The molecule has 0 spiro atoms. The minimum Gasteiger partial charge on any atom is -0.396 e. The maximum Gasteiger partial charge on any atom is 0.225 e. The standard InChI is InChI=1S/C29H33N5O2/c1-2-20-10-11-22-21(4-3-5-25(22)31-20)23-16-24(30)29(32-28(23)19-8-9-19)33-13-14-34(27(36)12-15-35)26(17-33)18-6-7-18/h2-5,10-11,16,18-19,26,35H,1,6-9,12-15,17,30H2/t26-/m0/s1. The molecule has 186 valence electrons. The Balaban J connectivity index is 1.37. The molecule has 36 heavy (non-hydrogen) atoms. The Labute approximate surface area is 211 Å². The van der Waals surface area contributed by atoms with E-state index in [2.05, 4.69) is 29.7 Å². The number of nitrogens with zero attached hydrogens (tertiary/aromatic N) is 4. The van der Waals surface area contributed by atoms with E-state index in [9.17, 15) is 9.90 Å². The van der Waals surface area contributed by atoms with Gasteiger partial charge in [-0.2, -0.15) is 0 Å². The number of anilines is 2. The van der Waals surface area contributed by atoms with Crippen LogP contribution in [-0.4, -0.2) is 58.2 Å². The highest BCUT2D eigenvalue weighted by Crippen LogP contribution is 2.47. The molecule has 1 atom stereocenters. The third-order valence-corrected chi connectivity index (χ3v) is 7.81. The van der Waals surface area contributed by atoms with Crippen molar-refractivity contribution in [3.8, 4) is 11.1 Å². The number of amides is 1. The van der Waals surface area contributed by atoms with E-state index in [1.165, 1.54) is 0 Å². The number of aliphatic hydroxyl groups is 1. The molecule has 7 nitrogen and oxygen atoms in total. The van der Waals surface area contributed by atoms with Gasteiger partial charge in [-0.1, -0.05) is 24.8 Å². The maximum absolute atomic E-state index is 12.6. The molecule has 1 aliphatic heterocycles. The average Bonchev–Trinajstić information content (AvgIpc) is 3.81. The van der Waals surface area contributed by atoms with Crippen LogP contribution in [0.1, 0.15) is 49.4 Å². The molecule has 3 heterocycles. The fourth-order valence-electron chi connectivity index (χ4n) is 5.62. The molecule has 3 aliphatic rings. The van der Waals surface area contributed by atoms with Crippen LogP contribution in [0.4, 0.5) is 11.5 Å². The van der Waals surface area contributed by atoms with Crippen LogP contribution < -0.4 is 10.6 Å². The summed E-state index contributed by atoms with van der Waals surface area (Å²) in [5, 5.41) is 10.4. The van der Waals surface area contributed by atoms with Gasteiger partial charge in [0.25, 0.3) is 0 Å². The summed E-state index contributed by atoms with van der Waals surface area (Å²) in [6, 6.07) is 12.6.